The Bertz CT molecular complexity index is 1080. The van der Waals surface area contributed by atoms with E-state index in [1.165, 1.54) is 30.4 Å². The molecule has 5 heteroatoms. The number of carboxylic acids is 1. The third kappa shape index (κ3) is 6.00. The zero-order valence-electron chi connectivity index (χ0n) is 25.6. The van der Waals surface area contributed by atoms with Gasteiger partial charge in [-0.05, 0) is 117 Å². The summed E-state index contributed by atoms with van der Waals surface area (Å²) in [5.74, 6) is 0.158. The van der Waals surface area contributed by atoms with Gasteiger partial charge in [-0.2, -0.15) is 0 Å². The second kappa shape index (κ2) is 10.9. The van der Waals surface area contributed by atoms with E-state index in [0.717, 1.165) is 32.1 Å². The minimum Gasteiger partial charge on any atom is -0.480 e. The van der Waals surface area contributed by atoms with Crippen molar-refractivity contribution in [3.63, 3.8) is 0 Å². The van der Waals surface area contributed by atoms with E-state index in [9.17, 15) is 14.7 Å². The lowest BCUT2D eigenvalue weighted by Crippen LogP contribution is -2.44. The van der Waals surface area contributed by atoms with Crippen LogP contribution < -0.4 is 0 Å². The van der Waals surface area contributed by atoms with E-state index in [4.69, 9.17) is 4.43 Å². The fourth-order valence-electron chi connectivity index (χ4n) is 7.44. The highest BCUT2D eigenvalue weighted by molar-refractivity contribution is 6.74. The molecular formula is C34H52O4Si. The number of ketones is 1. The van der Waals surface area contributed by atoms with Gasteiger partial charge in [0.2, 0.25) is 0 Å². The second-order valence-electron chi connectivity index (χ2n) is 14.8. The zero-order valence-corrected chi connectivity index (χ0v) is 26.6. The quantitative estimate of drug-likeness (QED) is 0.186. The van der Waals surface area contributed by atoms with Crippen molar-refractivity contribution in [2.45, 2.75) is 123 Å². The maximum absolute atomic E-state index is 12.6. The molecule has 0 spiro atoms. The predicted octanol–water partition coefficient (Wildman–Crippen LogP) is 8.81. The minimum absolute atomic E-state index is 0.216. The van der Waals surface area contributed by atoms with Crippen molar-refractivity contribution in [3.8, 4) is 0 Å². The monoisotopic (exact) mass is 552 g/mol. The number of allylic oxidation sites excluding steroid dienone is 6. The molecule has 0 saturated heterocycles. The van der Waals surface area contributed by atoms with Crippen molar-refractivity contribution in [1.82, 2.24) is 0 Å². The van der Waals surface area contributed by atoms with Crippen LogP contribution in [-0.2, 0) is 14.0 Å². The first-order chi connectivity index (χ1) is 18.1. The molecule has 4 aliphatic carbocycles. The van der Waals surface area contributed by atoms with Crippen LogP contribution in [0.15, 0.2) is 47.6 Å². The molecule has 4 saturated carbocycles. The predicted molar refractivity (Wildman–Crippen MR) is 162 cm³/mol. The minimum atomic E-state index is -1.80. The van der Waals surface area contributed by atoms with Gasteiger partial charge >= 0.3 is 5.97 Å². The van der Waals surface area contributed by atoms with Gasteiger partial charge in [0.1, 0.15) is 5.41 Å². The van der Waals surface area contributed by atoms with Crippen molar-refractivity contribution < 1.29 is 19.1 Å². The number of carbonyl (C=O) groups is 2. The van der Waals surface area contributed by atoms with E-state index >= 15 is 0 Å². The SMILES string of the molecule is C=C1CC[C@H](O[Si](C)(C)C(C)(C)C)C/C1=C/C=C1\CCC[C@]2(C)[C@@H]([C@H](C)/C=C/C(=O)C3(C(=O)O)CC3)CC[C@@H]12. The highest BCUT2D eigenvalue weighted by Gasteiger charge is 2.56. The van der Waals surface area contributed by atoms with Crippen molar-refractivity contribution >= 4 is 20.1 Å². The maximum Gasteiger partial charge on any atom is 0.317 e. The molecule has 0 amide bonds. The van der Waals surface area contributed by atoms with E-state index in [-0.39, 0.29) is 22.2 Å². The molecule has 216 valence electrons. The largest absolute Gasteiger partial charge is 0.480 e. The van der Waals surface area contributed by atoms with Crippen LogP contribution in [0.25, 0.3) is 0 Å². The van der Waals surface area contributed by atoms with E-state index in [2.05, 4.69) is 66.4 Å². The first-order valence-electron chi connectivity index (χ1n) is 15.3. The molecule has 0 bridgehead atoms. The van der Waals surface area contributed by atoms with Crippen LogP contribution >= 0.6 is 0 Å². The van der Waals surface area contributed by atoms with Crippen molar-refractivity contribution in [2.75, 3.05) is 0 Å². The fourth-order valence-corrected chi connectivity index (χ4v) is 8.83. The Balaban J connectivity index is 1.45. The molecule has 0 heterocycles. The van der Waals surface area contributed by atoms with Gasteiger partial charge in [0.05, 0.1) is 0 Å². The Hall–Kier alpha value is -1.72. The molecule has 0 aromatic carbocycles. The Morgan fingerprint density at radius 3 is 2.41 bits per heavy atom. The molecule has 1 N–H and O–H groups in total. The topological polar surface area (TPSA) is 63.6 Å². The van der Waals surface area contributed by atoms with Crippen LogP contribution in [0.3, 0.4) is 0 Å². The van der Waals surface area contributed by atoms with Gasteiger partial charge in [-0.3, -0.25) is 9.59 Å². The van der Waals surface area contributed by atoms with Gasteiger partial charge in [0, 0.05) is 6.10 Å². The summed E-state index contributed by atoms with van der Waals surface area (Å²) in [7, 11) is -1.80. The fraction of sp³-hybridized carbons (Fsp3) is 0.706. The van der Waals surface area contributed by atoms with Gasteiger partial charge in [-0.1, -0.05) is 70.6 Å². The van der Waals surface area contributed by atoms with Crippen molar-refractivity contribution in [2.24, 2.45) is 28.6 Å². The number of hydrogen-bond donors (Lipinski definition) is 1. The summed E-state index contributed by atoms with van der Waals surface area (Å²) in [6.45, 7) is 20.7. The lowest BCUT2D eigenvalue weighted by molar-refractivity contribution is -0.146. The Morgan fingerprint density at radius 1 is 1.10 bits per heavy atom. The summed E-state index contributed by atoms with van der Waals surface area (Å²) >= 11 is 0. The Labute approximate surface area is 238 Å². The molecule has 0 radical (unpaired) electrons. The van der Waals surface area contributed by atoms with Crippen molar-refractivity contribution in [3.05, 3.63) is 47.6 Å². The average molecular weight is 553 g/mol. The number of rotatable bonds is 8. The van der Waals surface area contributed by atoms with E-state index in [1.54, 1.807) is 11.6 Å². The number of aliphatic carboxylic acids is 1. The lowest BCUT2D eigenvalue weighted by atomic mass is 9.61. The third-order valence-corrected chi connectivity index (χ3v) is 15.8. The van der Waals surface area contributed by atoms with Crippen LogP contribution in [0.1, 0.15) is 98.8 Å². The van der Waals surface area contributed by atoms with Crippen molar-refractivity contribution in [1.29, 1.82) is 0 Å². The summed E-state index contributed by atoms with van der Waals surface area (Å²) in [5.41, 5.74) is 3.29. The Kier molecular flexibility index (Phi) is 8.47. The molecular weight excluding hydrogens is 500 g/mol. The van der Waals surface area contributed by atoms with Gasteiger partial charge in [-0.15, -0.1) is 0 Å². The smallest absolute Gasteiger partial charge is 0.317 e. The molecule has 39 heavy (non-hydrogen) atoms. The number of hydrogen-bond acceptors (Lipinski definition) is 3. The maximum atomic E-state index is 12.6. The summed E-state index contributed by atoms with van der Waals surface area (Å²) < 4.78 is 6.79. The summed E-state index contributed by atoms with van der Waals surface area (Å²) in [5, 5.41) is 9.67. The average Bonchev–Trinajstić information content (AvgIpc) is 3.58. The molecule has 0 unspecified atom stereocenters. The van der Waals surface area contributed by atoms with Gasteiger partial charge < -0.3 is 9.53 Å². The standard InChI is InChI=1S/C34H52O4Si/c1-23-11-15-27(38-39(7,8)32(3,4)5)22-26(23)14-13-25-10-9-19-33(6)28(16-17-29(25)33)24(2)12-18-30(35)34(20-21-34)31(36)37/h12-14,18,24,27-29H,1,9-11,15-17,19-22H2,2-8H3,(H,36,37)/b18-12+,25-13+,26-14-/t24-,27+,28-,29+,33-/m1/s1. The van der Waals surface area contributed by atoms with Crippen LogP contribution in [0, 0.1) is 28.6 Å². The molecule has 0 aliphatic heterocycles. The van der Waals surface area contributed by atoms with Crippen LogP contribution in [0.5, 0.6) is 0 Å². The highest BCUT2D eigenvalue weighted by Crippen LogP contribution is 2.59. The molecule has 4 nitrogen and oxygen atoms in total. The normalized spacial score (nSPS) is 33.9. The van der Waals surface area contributed by atoms with E-state index in [0.29, 0.717) is 30.8 Å². The first-order valence-corrected chi connectivity index (χ1v) is 18.2. The first kappa shape index (κ1) is 30.2. The number of carboxylic acid groups (broad SMARTS) is 1. The summed E-state index contributed by atoms with van der Waals surface area (Å²) in [4.78, 5) is 24.2. The Morgan fingerprint density at radius 2 is 1.79 bits per heavy atom. The van der Waals surface area contributed by atoms with Gasteiger partial charge in [-0.25, -0.2) is 0 Å². The van der Waals surface area contributed by atoms with E-state index < -0.39 is 19.7 Å². The number of fused-ring (bicyclic) bond motifs is 1. The molecule has 0 aromatic heterocycles. The second-order valence-corrected chi connectivity index (χ2v) is 19.6. The zero-order chi connectivity index (χ0) is 28.8. The van der Waals surface area contributed by atoms with Crippen LogP contribution in [-0.4, -0.2) is 31.3 Å². The van der Waals surface area contributed by atoms with Gasteiger partial charge in [0.25, 0.3) is 0 Å². The van der Waals surface area contributed by atoms with Crippen LogP contribution in [0.4, 0.5) is 0 Å². The molecule has 4 rings (SSSR count). The third-order valence-electron chi connectivity index (χ3n) is 11.3. The molecule has 5 atom stereocenters. The van der Waals surface area contributed by atoms with Gasteiger partial charge in [0.15, 0.2) is 14.1 Å². The lowest BCUT2D eigenvalue weighted by Gasteiger charge is -2.44. The number of carbonyl (C=O) groups excluding carboxylic acids is 1. The molecule has 0 aromatic rings. The van der Waals surface area contributed by atoms with Crippen LogP contribution in [0.2, 0.25) is 18.1 Å². The summed E-state index contributed by atoms with van der Waals surface area (Å²) in [6.07, 6.45) is 18.6. The molecule has 4 aliphatic rings. The highest BCUT2D eigenvalue weighted by atomic mass is 28.4. The summed E-state index contributed by atoms with van der Waals surface area (Å²) in [6, 6.07) is 0. The van der Waals surface area contributed by atoms with E-state index in [1.807, 2.05) is 6.08 Å². The molecule has 4 fully saturated rings.